The smallest absolute Gasteiger partial charge is 0.0743 e. The van der Waals surface area contributed by atoms with Gasteiger partial charge >= 0.3 is 0 Å². The van der Waals surface area contributed by atoms with Crippen LogP contribution in [0.15, 0.2) is 65.9 Å². The number of hydrogen-bond donors (Lipinski definition) is 0. The maximum atomic E-state index is 4.79. The number of fused-ring (bicyclic) bond motifs is 1. The van der Waals surface area contributed by atoms with E-state index in [1.807, 2.05) is 6.20 Å². The second kappa shape index (κ2) is 11.1. The maximum absolute atomic E-state index is 4.79. The molecule has 1 aromatic carbocycles. The molecular formula is C28H39N. The van der Waals surface area contributed by atoms with Crippen LogP contribution in [-0.4, -0.2) is 4.98 Å². The Morgan fingerprint density at radius 3 is 2.41 bits per heavy atom. The molecule has 2 aromatic rings. The summed E-state index contributed by atoms with van der Waals surface area (Å²) in [5, 5.41) is 2.53. The zero-order chi connectivity index (χ0) is 21.4. The zero-order valence-electron chi connectivity index (χ0n) is 19.5. The molecule has 156 valence electrons. The van der Waals surface area contributed by atoms with Crippen molar-refractivity contribution in [2.24, 2.45) is 17.8 Å². The summed E-state index contributed by atoms with van der Waals surface area (Å²) in [7, 11) is 0. The molecule has 1 heterocycles. The lowest BCUT2D eigenvalue weighted by Crippen LogP contribution is -2.17. The van der Waals surface area contributed by atoms with E-state index in [9.17, 15) is 0 Å². The Labute approximate surface area is 178 Å². The van der Waals surface area contributed by atoms with Gasteiger partial charge in [-0.05, 0) is 61.5 Å². The van der Waals surface area contributed by atoms with Crippen LogP contribution in [0.3, 0.4) is 0 Å². The van der Waals surface area contributed by atoms with Crippen LogP contribution in [0.2, 0.25) is 0 Å². The molecule has 0 saturated carbocycles. The average molecular weight is 390 g/mol. The van der Waals surface area contributed by atoms with Gasteiger partial charge in [-0.3, -0.25) is 4.98 Å². The van der Waals surface area contributed by atoms with Crippen molar-refractivity contribution < 1.29 is 0 Å². The fourth-order valence-corrected chi connectivity index (χ4v) is 3.61. The van der Waals surface area contributed by atoms with E-state index in [0.717, 1.165) is 24.5 Å². The van der Waals surface area contributed by atoms with E-state index in [0.29, 0.717) is 11.8 Å². The summed E-state index contributed by atoms with van der Waals surface area (Å²) in [6.45, 7) is 15.7. The van der Waals surface area contributed by atoms with Gasteiger partial charge in [0.25, 0.3) is 0 Å². The van der Waals surface area contributed by atoms with Crippen LogP contribution in [0.4, 0.5) is 0 Å². The first kappa shape index (κ1) is 23.1. The monoisotopic (exact) mass is 389 g/mol. The van der Waals surface area contributed by atoms with Crippen molar-refractivity contribution >= 4 is 16.3 Å². The second-order valence-electron chi connectivity index (χ2n) is 8.75. The highest BCUT2D eigenvalue weighted by molar-refractivity contribution is 5.93. The lowest BCUT2D eigenvalue weighted by atomic mass is 9.75. The summed E-state index contributed by atoms with van der Waals surface area (Å²) in [6, 6.07) is 10.7. The summed E-state index contributed by atoms with van der Waals surface area (Å²) in [6.07, 6.45) is 12.5. The summed E-state index contributed by atoms with van der Waals surface area (Å²) < 4.78 is 0. The molecule has 0 radical (unpaired) electrons. The van der Waals surface area contributed by atoms with Crippen LogP contribution < -0.4 is 0 Å². The molecule has 1 aromatic heterocycles. The Balaban J connectivity index is 0.000000537. The lowest BCUT2D eigenvalue weighted by Gasteiger charge is -2.30. The molecule has 1 aliphatic carbocycles. The Morgan fingerprint density at radius 1 is 1.07 bits per heavy atom. The molecule has 1 nitrogen and oxygen atoms in total. The zero-order valence-corrected chi connectivity index (χ0v) is 19.5. The van der Waals surface area contributed by atoms with Gasteiger partial charge in [0.05, 0.1) is 5.69 Å². The summed E-state index contributed by atoms with van der Waals surface area (Å²) >= 11 is 0. The molecule has 1 heteroatoms. The summed E-state index contributed by atoms with van der Waals surface area (Å²) in [5.74, 6) is 1.89. The van der Waals surface area contributed by atoms with E-state index in [1.165, 1.54) is 33.9 Å². The fraction of sp³-hybridized carbons (Fsp3) is 0.464. The van der Waals surface area contributed by atoms with E-state index in [1.54, 1.807) is 0 Å². The predicted molar refractivity (Wildman–Crippen MR) is 130 cm³/mol. The molecule has 0 bridgehead atoms. The van der Waals surface area contributed by atoms with Crippen LogP contribution in [0.25, 0.3) is 16.3 Å². The quantitative estimate of drug-likeness (QED) is 0.466. The molecule has 0 fully saturated rings. The summed E-state index contributed by atoms with van der Waals surface area (Å²) in [4.78, 5) is 4.79. The van der Waals surface area contributed by atoms with Crippen LogP contribution in [0.5, 0.6) is 0 Å². The molecule has 0 amide bonds. The SMILES string of the molecule is CCC(C)C.CCC=CC(C)C1CC(C)=C(C)C=C1c1nccc2ccccc12. The average Bonchev–Trinajstić information content (AvgIpc) is 2.73. The van der Waals surface area contributed by atoms with Gasteiger partial charge in [-0.25, -0.2) is 0 Å². The third-order valence-corrected chi connectivity index (χ3v) is 6.04. The van der Waals surface area contributed by atoms with Gasteiger partial charge in [-0.15, -0.1) is 0 Å². The number of nitrogens with zero attached hydrogens (tertiary/aromatic N) is 1. The van der Waals surface area contributed by atoms with E-state index < -0.39 is 0 Å². The number of pyridine rings is 1. The third-order valence-electron chi connectivity index (χ3n) is 6.04. The number of aromatic nitrogens is 1. The van der Waals surface area contributed by atoms with Gasteiger partial charge in [0.15, 0.2) is 0 Å². The van der Waals surface area contributed by atoms with Gasteiger partial charge in [-0.2, -0.15) is 0 Å². The molecular weight excluding hydrogens is 350 g/mol. The minimum atomic E-state index is 0.495. The van der Waals surface area contributed by atoms with E-state index in [4.69, 9.17) is 4.98 Å². The maximum Gasteiger partial charge on any atom is 0.0743 e. The first-order valence-corrected chi connectivity index (χ1v) is 11.3. The van der Waals surface area contributed by atoms with Crippen molar-refractivity contribution in [3.05, 3.63) is 71.6 Å². The van der Waals surface area contributed by atoms with Crippen molar-refractivity contribution in [2.45, 2.75) is 67.7 Å². The largest absolute Gasteiger partial charge is 0.256 e. The molecule has 2 atom stereocenters. The topological polar surface area (TPSA) is 12.9 Å². The molecule has 1 aliphatic rings. The number of hydrogen-bond acceptors (Lipinski definition) is 1. The van der Waals surface area contributed by atoms with Gasteiger partial charge in [0.1, 0.15) is 0 Å². The van der Waals surface area contributed by atoms with Crippen molar-refractivity contribution in [2.75, 3.05) is 0 Å². The van der Waals surface area contributed by atoms with Crippen molar-refractivity contribution in [3.8, 4) is 0 Å². The van der Waals surface area contributed by atoms with Crippen molar-refractivity contribution in [1.82, 2.24) is 4.98 Å². The van der Waals surface area contributed by atoms with Gasteiger partial charge < -0.3 is 0 Å². The molecule has 0 saturated heterocycles. The number of benzene rings is 1. The highest BCUT2D eigenvalue weighted by atomic mass is 14.7. The minimum absolute atomic E-state index is 0.495. The normalized spacial score (nSPS) is 18.1. The minimum Gasteiger partial charge on any atom is -0.256 e. The first-order chi connectivity index (χ1) is 13.9. The standard InChI is InChI=1S/C23H27N.C5H12/c1-5-6-9-16(2)21-14-17(3)18(4)15-22(21)23-20-11-8-7-10-19(20)12-13-24-23;1-4-5(2)3/h6-13,15-16,21H,5,14H2,1-4H3;5H,4H2,1-3H3. The second-order valence-corrected chi connectivity index (χ2v) is 8.75. The number of allylic oxidation sites excluding steroid dienone is 6. The van der Waals surface area contributed by atoms with E-state index in [-0.39, 0.29) is 0 Å². The Bertz CT molecular complexity index is 877. The predicted octanol–water partition coefficient (Wildman–Crippen LogP) is 8.63. The van der Waals surface area contributed by atoms with Crippen LogP contribution in [0, 0.1) is 17.8 Å². The van der Waals surface area contributed by atoms with Crippen LogP contribution in [-0.2, 0) is 0 Å². The lowest BCUT2D eigenvalue weighted by molar-refractivity contribution is 0.514. The Morgan fingerprint density at radius 2 is 1.76 bits per heavy atom. The van der Waals surface area contributed by atoms with Crippen LogP contribution in [0.1, 0.15) is 73.4 Å². The third kappa shape index (κ3) is 6.16. The highest BCUT2D eigenvalue weighted by Gasteiger charge is 2.26. The molecule has 2 unspecified atom stereocenters. The van der Waals surface area contributed by atoms with Crippen LogP contribution >= 0.6 is 0 Å². The molecule has 0 spiro atoms. The first-order valence-electron chi connectivity index (χ1n) is 11.3. The summed E-state index contributed by atoms with van der Waals surface area (Å²) in [5.41, 5.74) is 5.44. The van der Waals surface area contributed by atoms with E-state index in [2.05, 4.69) is 97.0 Å². The Hall–Kier alpha value is -2.15. The van der Waals surface area contributed by atoms with Crippen molar-refractivity contribution in [3.63, 3.8) is 0 Å². The molecule has 0 aliphatic heterocycles. The van der Waals surface area contributed by atoms with E-state index >= 15 is 0 Å². The molecule has 0 N–H and O–H groups in total. The molecule has 29 heavy (non-hydrogen) atoms. The highest BCUT2D eigenvalue weighted by Crippen LogP contribution is 2.41. The Kier molecular flexibility index (Phi) is 8.89. The van der Waals surface area contributed by atoms with Gasteiger partial charge in [0, 0.05) is 11.6 Å². The van der Waals surface area contributed by atoms with Gasteiger partial charge in [0.2, 0.25) is 0 Å². The molecule has 3 rings (SSSR count). The number of rotatable bonds is 5. The van der Waals surface area contributed by atoms with Gasteiger partial charge in [-0.1, -0.05) is 94.7 Å². The fourth-order valence-electron chi connectivity index (χ4n) is 3.61. The van der Waals surface area contributed by atoms with Crippen molar-refractivity contribution in [1.29, 1.82) is 0 Å².